The van der Waals surface area contributed by atoms with Gasteiger partial charge in [-0.15, -0.1) is 0 Å². The Morgan fingerprint density at radius 1 is 1.17 bits per heavy atom. The van der Waals surface area contributed by atoms with Crippen molar-refractivity contribution < 1.29 is 0 Å². The SMILES string of the molecule is Cc1ccc(CNc2ccc3cn[nH]c3c2)nc1. The number of fused-ring (bicyclic) bond motifs is 1. The van der Waals surface area contributed by atoms with Gasteiger partial charge < -0.3 is 5.32 Å². The van der Waals surface area contributed by atoms with E-state index in [4.69, 9.17) is 0 Å². The number of aromatic amines is 1. The third-order valence-electron chi connectivity index (χ3n) is 2.89. The van der Waals surface area contributed by atoms with Gasteiger partial charge in [0.15, 0.2) is 0 Å². The van der Waals surface area contributed by atoms with Crippen LogP contribution in [0.4, 0.5) is 5.69 Å². The molecule has 1 aromatic carbocycles. The van der Waals surface area contributed by atoms with Gasteiger partial charge in [0, 0.05) is 17.3 Å². The second-order valence-electron chi connectivity index (χ2n) is 4.35. The van der Waals surface area contributed by atoms with Crippen LogP contribution in [0, 0.1) is 6.92 Å². The molecule has 2 N–H and O–H groups in total. The van der Waals surface area contributed by atoms with Crippen molar-refractivity contribution in [3.05, 3.63) is 54.0 Å². The topological polar surface area (TPSA) is 53.6 Å². The molecule has 18 heavy (non-hydrogen) atoms. The Kier molecular flexibility index (Phi) is 2.68. The van der Waals surface area contributed by atoms with Crippen LogP contribution in [0.2, 0.25) is 0 Å². The van der Waals surface area contributed by atoms with E-state index in [9.17, 15) is 0 Å². The average Bonchev–Trinajstić information content (AvgIpc) is 2.85. The van der Waals surface area contributed by atoms with E-state index < -0.39 is 0 Å². The Morgan fingerprint density at radius 3 is 2.94 bits per heavy atom. The van der Waals surface area contributed by atoms with Gasteiger partial charge in [-0.3, -0.25) is 10.1 Å². The van der Waals surface area contributed by atoms with E-state index in [1.807, 2.05) is 37.5 Å². The molecule has 0 amide bonds. The molecule has 0 saturated heterocycles. The maximum Gasteiger partial charge on any atom is 0.0670 e. The van der Waals surface area contributed by atoms with Crippen LogP contribution in [-0.2, 0) is 6.54 Å². The molecule has 4 nitrogen and oxygen atoms in total. The van der Waals surface area contributed by atoms with Gasteiger partial charge in [-0.2, -0.15) is 5.10 Å². The first kappa shape index (κ1) is 10.8. The Balaban J connectivity index is 1.74. The minimum atomic E-state index is 0.722. The largest absolute Gasteiger partial charge is 0.379 e. The molecule has 0 bridgehead atoms. The lowest BCUT2D eigenvalue weighted by atomic mass is 10.2. The minimum Gasteiger partial charge on any atom is -0.379 e. The van der Waals surface area contributed by atoms with Gasteiger partial charge in [-0.25, -0.2) is 0 Å². The summed E-state index contributed by atoms with van der Waals surface area (Å²) in [5.74, 6) is 0. The van der Waals surface area contributed by atoms with Crippen LogP contribution in [0.15, 0.2) is 42.7 Å². The minimum absolute atomic E-state index is 0.722. The van der Waals surface area contributed by atoms with Crippen LogP contribution < -0.4 is 5.32 Å². The van der Waals surface area contributed by atoms with Crippen LogP contribution >= 0.6 is 0 Å². The van der Waals surface area contributed by atoms with E-state index in [1.165, 1.54) is 5.56 Å². The Bertz CT molecular complexity index is 655. The molecule has 0 spiro atoms. The predicted octanol–water partition coefficient (Wildman–Crippen LogP) is 2.88. The molecule has 90 valence electrons. The lowest BCUT2D eigenvalue weighted by molar-refractivity contribution is 1.04. The van der Waals surface area contributed by atoms with E-state index in [-0.39, 0.29) is 0 Å². The first-order valence-corrected chi connectivity index (χ1v) is 5.90. The molecule has 0 atom stereocenters. The Hall–Kier alpha value is -2.36. The predicted molar refractivity (Wildman–Crippen MR) is 72.4 cm³/mol. The highest BCUT2D eigenvalue weighted by Gasteiger charge is 1.98. The summed E-state index contributed by atoms with van der Waals surface area (Å²) in [5, 5.41) is 11.4. The molecular formula is C14H14N4. The fourth-order valence-electron chi connectivity index (χ4n) is 1.84. The number of benzene rings is 1. The molecule has 0 aliphatic rings. The molecule has 0 fully saturated rings. The molecule has 2 heterocycles. The molecule has 3 rings (SSSR count). The summed E-state index contributed by atoms with van der Waals surface area (Å²) in [5.41, 5.74) is 4.31. The third-order valence-corrected chi connectivity index (χ3v) is 2.89. The zero-order valence-electron chi connectivity index (χ0n) is 10.1. The van der Waals surface area contributed by atoms with E-state index in [0.717, 1.165) is 28.8 Å². The van der Waals surface area contributed by atoms with Crippen molar-refractivity contribution in [1.82, 2.24) is 15.2 Å². The third kappa shape index (κ3) is 2.18. The summed E-state index contributed by atoms with van der Waals surface area (Å²) in [6.07, 6.45) is 3.70. The summed E-state index contributed by atoms with van der Waals surface area (Å²) in [4.78, 5) is 4.36. The van der Waals surface area contributed by atoms with Crippen molar-refractivity contribution in [2.45, 2.75) is 13.5 Å². The quantitative estimate of drug-likeness (QED) is 0.737. The van der Waals surface area contributed by atoms with Crippen molar-refractivity contribution >= 4 is 16.6 Å². The van der Waals surface area contributed by atoms with Crippen molar-refractivity contribution in [3.63, 3.8) is 0 Å². The second-order valence-corrected chi connectivity index (χ2v) is 4.35. The summed E-state index contributed by atoms with van der Waals surface area (Å²) < 4.78 is 0. The van der Waals surface area contributed by atoms with Crippen LogP contribution in [0.3, 0.4) is 0 Å². The van der Waals surface area contributed by atoms with E-state index >= 15 is 0 Å². The smallest absolute Gasteiger partial charge is 0.0670 e. The van der Waals surface area contributed by atoms with Crippen LogP contribution in [0.1, 0.15) is 11.3 Å². The highest BCUT2D eigenvalue weighted by atomic mass is 15.1. The van der Waals surface area contributed by atoms with Gasteiger partial charge in [0.2, 0.25) is 0 Å². The molecule has 0 aliphatic carbocycles. The van der Waals surface area contributed by atoms with Gasteiger partial charge in [-0.1, -0.05) is 6.07 Å². The lowest BCUT2D eigenvalue weighted by Crippen LogP contribution is -2.01. The van der Waals surface area contributed by atoms with Gasteiger partial charge in [0.1, 0.15) is 0 Å². The lowest BCUT2D eigenvalue weighted by Gasteiger charge is -2.06. The van der Waals surface area contributed by atoms with Gasteiger partial charge in [0.05, 0.1) is 24.0 Å². The van der Waals surface area contributed by atoms with Crippen LogP contribution in [0.5, 0.6) is 0 Å². The number of pyridine rings is 1. The maximum atomic E-state index is 4.36. The Morgan fingerprint density at radius 2 is 2.11 bits per heavy atom. The zero-order valence-corrected chi connectivity index (χ0v) is 10.1. The number of aromatic nitrogens is 3. The first-order valence-electron chi connectivity index (χ1n) is 5.90. The summed E-state index contributed by atoms with van der Waals surface area (Å²) >= 11 is 0. The standard InChI is InChI=1S/C14H14N4/c1-10-2-4-13(15-7-10)9-16-12-5-3-11-8-17-18-14(11)6-12/h2-8,16H,9H2,1H3,(H,17,18). The highest BCUT2D eigenvalue weighted by molar-refractivity contribution is 5.81. The second kappa shape index (κ2) is 4.49. The van der Waals surface area contributed by atoms with Gasteiger partial charge in [-0.05, 0) is 36.8 Å². The molecule has 0 unspecified atom stereocenters. The Labute approximate surface area is 105 Å². The molecule has 0 saturated carbocycles. The number of rotatable bonds is 3. The highest BCUT2D eigenvalue weighted by Crippen LogP contribution is 2.16. The number of hydrogen-bond acceptors (Lipinski definition) is 3. The summed E-state index contributed by atoms with van der Waals surface area (Å²) in [6.45, 7) is 2.76. The van der Waals surface area contributed by atoms with Crippen LogP contribution in [-0.4, -0.2) is 15.2 Å². The summed E-state index contributed by atoms with van der Waals surface area (Å²) in [7, 11) is 0. The van der Waals surface area contributed by atoms with Crippen molar-refractivity contribution in [2.75, 3.05) is 5.32 Å². The molecule has 0 aliphatic heterocycles. The molecule has 4 heteroatoms. The monoisotopic (exact) mass is 238 g/mol. The molecule has 2 aromatic heterocycles. The van der Waals surface area contributed by atoms with Crippen molar-refractivity contribution in [3.8, 4) is 0 Å². The molecule has 0 radical (unpaired) electrons. The van der Waals surface area contributed by atoms with E-state index in [2.05, 4.69) is 32.6 Å². The number of aryl methyl sites for hydroxylation is 1. The fourth-order valence-corrected chi connectivity index (χ4v) is 1.84. The molecule has 3 aromatic rings. The number of H-pyrrole nitrogens is 1. The fraction of sp³-hybridized carbons (Fsp3) is 0.143. The van der Waals surface area contributed by atoms with E-state index in [0.29, 0.717) is 0 Å². The summed E-state index contributed by atoms with van der Waals surface area (Å²) in [6, 6.07) is 10.3. The molecular weight excluding hydrogens is 224 g/mol. The number of anilines is 1. The normalized spacial score (nSPS) is 10.7. The van der Waals surface area contributed by atoms with Crippen molar-refractivity contribution in [1.29, 1.82) is 0 Å². The number of nitrogens with zero attached hydrogens (tertiary/aromatic N) is 2. The van der Waals surface area contributed by atoms with E-state index in [1.54, 1.807) is 0 Å². The zero-order chi connectivity index (χ0) is 12.4. The number of hydrogen-bond donors (Lipinski definition) is 2. The first-order chi connectivity index (χ1) is 8.81. The van der Waals surface area contributed by atoms with Crippen molar-refractivity contribution in [2.24, 2.45) is 0 Å². The maximum absolute atomic E-state index is 4.36. The van der Waals surface area contributed by atoms with Crippen LogP contribution in [0.25, 0.3) is 10.9 Å². The van der Waals surface area contributed by atoms with Gasteiger partial charge in [0.25, 0.3) is 0 Å². The van der Waals surface area contributed by atoms with Gasteiger partial charge >= 0.3 is 0 Å². The number of nitrogens with one attached hydrogen (secondary N) is 2. The average molecular weight is 238 g/mol.